The lowest BCUT2D eigenvalue weighted by molar-refractivity contribution is 0.601. The van der Waals surface area contributed by atoms with Crippen LogP contribution in [0.15, 0.2) is 24.3 Å². The summed E-state index contributed by atoms with van der Waals surface area (Å²) in [6.07, 6.45) is 1.33. The van der Waals surface area contributed by atoms with Gasteiger partial charge in [0.15, 0.2) is 9.84 Å². The van der Waals surface area contributed by atoms with Crippen molar-refractivity contribution in [2.24, 2.45) is 0 Å². The van der Waals surface area contributed by atoms with Crippen molar-refractivity contribution in [2.45, 2.75) is 12.2 Å². The van der Waals surface area contributed by atoms with E-state index in [4.69, 9.17) is 5.26 Å². The van der Waals surface area contributed by atoms with Crippen LogP contribution in [0.4, 0.5) is 0 Å². The molecule has 0 N–H and O–H groups in total. The van der Waals surface area contributed by atoms with E-state index in [0.717, 1.165) is 0 Å². The molecule has 0 heterocycles. The average molecular weight is 233 g/mol. The van der Waals surface area contributed by atoms with Crippen molar-refractivity contribution < 1.29 is 8.42 Å². The third-order valence-corrected chi connectivity index (χ3v) is 2.66. The summed E-state index contributed by atoms with van der Waals surface area (Å²) in [6.45, 7) is 0. The quantitative estimate of drug-likeness (QED) is 0.727. The molecule has 0 bridgehead atoms. The average Bonchev–Trinajstić information content (AvgIpc) is 2.19. The fourth-order valence-corrected chi connectivity index (χ4v) is 2.05. The Kier molecular flexibility index (Phi) is 4.10. The molecule has 0 spiro atoms. The van der Waals surface area contributed by atoms with Gasteiger partial charge in [0.05, 0.1) is 18.2 Å². The number of nitrogens with zero attached hydrogens (tertiary/aromatic N) is 1. The van der Waals surface area contributed by atoms with Crippen molar-refractivity contribution in [3.8, 4) is 17.9 Å². The van der Waals surface area contributed by atoms with E-state index in [1.807, 2.05) is 6.07 Å². The van der Waals surface area contributed by atoms with Crippen LogP contribution >= 0.6 is 0 Å². The first-order chi connectivity index (χ1) is 7.53. The summed E-state index contributed by atoms with van der Waals surface area (Å²) >= 11 is 0. The van der Waals surface area contributed by atoms with Gasteiger partial charge in [-0.3, -0.25) is 0 Å². The first-order valence-corrected chi connectivity index (χ1v) is 6.70. The summed E-state index contributed by atoms with van der Waals surface area (Å²) in [5, 5.41) is 8.35. The Morgan fingerprint density at radius 3 is 2.62 bits per heavy atom. The zero-order chi connectivity index (χ0) is 12.0. The molecule has 3 nitrogen and oxygen atoms in total. The third kappa shape index (κ3) is 4.16. The maximum absolute atomic E-state index is 11.2. The first kappa shape index (κ1) is 12.3. The van der Waals surface area contributed by atoms with Gasteiger partial charge in [-0.1, -0.05) is 30.0 Å². The normalized spacial score (nSPS) is 10.0. The zero-order valence-electron chi connectivity index (χ0n) is 8.90. The van der Waals surface area contributed by atoms with Crippen molar-refractivity contribution in [1.29, 1.82) is 5.26 Å². The predicted octanol–water partition coefficient (Wildman–Crippen LogP) is 1.50. The second-order valence-corrected chi connectivity index (χ2v) is 5.50. The van der Waals surface area contributed by atoms with Crippen LogP contribution in [0, 0.1) is 23.2 Å². The van der Waals surface area contributed by atoms with Crippen molar-refractivity contribution in [3.63, 3.8) is 0 Å². The Hall–Kier alpha value is -1.78. The third-order valence-electron chi connectivity index (χ3n) is 1.83. The van der Waals surface area contributed by atoms with Crippen LogP contribution in [0.5, 0.6) is 0 Å². The highest BCUT2D eigenvalue weighted by Gasteiger charge is 2.07. The number of nitriles is 1. The van der Waals surface area contributed by atoms with E-state index in [1.54, 1.807) is 24.3 Å². The number of hydrogen-bond acceptors (Lipinski definition) is 3. The lowest BCUT2D eigenvalue weighted by atomic mass is 10.1. The van der Waals surface area contributed by atoms with Crippen LogP contribution in [-0.2, 0) is 15.6 Å². The van der Waals surface area contributed by atoms with Gasteiger partial charge in [-0.25, -0.2) is 8.42 Å². The molecular formula is C12H11NO2S. The van der Waals surface area contributed by atoms with Gasteiger partial charge in [-0.15, -0.1) is 0 Å². The maximum Gasteiger partial charge on any atom is 0.151 e. The Labute approximate surface area is 95.6 Å². The Morgan fingerprint density at radius 2 is 2.00 bits per heavy atom. The molecule has 1 aromatic rings. The first-order valence-electron chi connectivity index (χ1n) is 4.64. The molecule has 0 aliphatic heterocycles. The van der Waals surface area contributed by atoms with E-state index in [2.05, 4.69) is 11.8 Å². The highest BCUT2D eigenvalue weighted by atomic mass is 32.2. The lowest BCUT2D eigenvalue weighted by Gasteiger charge is -2.02. The maximum atomic E-state index is 11.2. The molecule has 82 valence electrons. The molecule has 0 saturated heterocycles. The molecule has 0 fully saturated rings. The summed E-state index contributed by atoms with van der Waals surface area (Å²) in [7, 11) is -3.06. The highest BCUT2D eigenvalue weighted by molar-refractivity contribution is 7.89. The van der Waals surface area contributed by atoms with Gasteiger partial charge in [0, 0.05) is 11.8 Å². The van der Waals surface area contributed by atoms with Gasteiger partial charge in [0.1, 0.15) is 0 Å². The molecule has 1 rings (SSSR count). The van der Waals surface area contributed by atoms with E-state index < -0.39 is 9.84 Å². The van der Waals surface area contributed by atoms with Gasteiger partial charge >= 0.3 is 0 Å². The molecule has 1 aromatic carbocycles. The zero-order valence-corrected chi connectivity index (χ0v) is 9.71. The molecule has 0 aromatic heterocycles. The minimum Gasteiger partial charge on any atom is -0.229 e. The minimum absolute atomic E-state index is 0.0234. The Morgan fingerprint density at radius 1 is 1.31 bits per heavy atom. The number of sulfone groups is 1. The summed E-state index contributed by atoms with van der Waals surface area (Å²) in [5.74, 6) is 5.45. The molecule has 0 atom stereocenters. The van der Waals surface area contributed by atoms with Crippen LogP contribution in [-0.4, -0.2) is 14.7 Å². The summed E-state index contributed by atoms with van der Waals surface area (Å²) < 4.78 is 22.4. The van der Waals surface area contributed by atoms with Crippen LogP contribution in [0.3, 0.4) is 0 Å². The van der Waals surface area contributed by atoms with Gasteiger partial charge < -0.3 is 0 Å². The number of benzene rings is 1. The summed E-state index contributed by atoms with van der Waals surface area (Å²) in [5.41, 5.74) is 1.35. The molecule has 0 radical (unpaired) electrons. The monoisotopic (exact) mass is 233 g/mol. The van der Waals surface area contributed by atoms with Crippen LogP contribution in [0.25, 0.3) is 0 Å². The van der Waals surface area contributed by atoms with Crippen molar-refractivity contribution in [3.05, 3.63) is 35.4 Å². The molecule has 0 saturated carbocycles. The van der Waals surface area contributed by atoms with E-state index in [9.17, 15) is 8.42 Å². The van der Waals surface area contributed by atoms with Crippen molar-refractivity contribution >= 4 is 9.84 Å². The molecule has 0 aliphatic rings. The van der Waals surface area contributed by atoms with Gasteiger partial charge in [0.2, 0.25) is 0 Å². The summed E-state index contributed by atoms with van der Waals surface area (Å²) in [6, 6.07) is 8.97. The minimum atomic E-state index is -3.06. The molecule has 0 amide bonds. The van der Waals surface area contributed by atoms with E-state index in [0.29, 0.717) is 11.1 Å². The van der Waals surface area contributed by atoms with E-state index in [-0.39, 0.29) is 12.2 Å². The van der Waals surface area contributed by atoms with Gasteiger partial charge in [0.25, 0.3) is 0 Å². The van der Waals surface area contributed by atoms with Crippen LogP contribution in [0.2, 0.25) is 0 Å². The smallest absolute Gasteiger partial charge is 0.151 e. The number of rotatable bonds is 2. The predicted molar refractivity (Wildman–Crippen MR) is 62.1 cm³/mol. The SMILES string of the molecule is CS(=O)(=O)Cc1ccccc1C#CCC#N. The topological polar surface area (TPSA) is 57.9 Å². The van der Waals surface area contributed by atoms with Gasteiger partial charge in [-0.05, 0) is 11.6 Å². The van der Waals surface area contributed by atoms with Crippen LogP contribution in [0.1, 0.15) is 17.5 Å². The largest absolute Gasteiger partial charge is 0.229 e. The molecule has 0 unspecified atom stereocenters. The Balaban J connectivity index is 3.03. The molecule has 0 aliphatic carbocycles. The highest BCUT2D eigenvalue weighted by Crippen LogP contribution is 2.10. The molecular weight excluding hydrogens is 222 g/mol. The Bertz CT molecular complexity index is 571. The van der Waals surface area contributed by atoms with Crippen molar-refractivity contribution in [2.75, 3.05) is 6.26 Å². The second kappa shape index (κ2) is 5.34. The van der Waals surface area contributed by atoms with E-state index >= 15 is 0 Å². The van der Waals surface area contributed by atoms with Crippen LogP contribution < -0.4 is 0 Å². The molecule has 4 heteroatoms. The standard InChI is InChI=1S/C12H11NO2S/c1-16(14,15)10-12-8-3-2-6-11(12)7-4-5-9-13/h2-3,6,8H,5,10H2,1H3. The second-order valence-electron chi connectivity index (χ2n) is 3.36. The fourth-order valence-electron chi connectivity index (χ4n) is 1.23. The van der Waals surface area contributed by atoms with Crippen molar-refractivity contribution in [1.82, 2.24) is 0 Å². The number of hydrogen-bond donors (Lipinski definition) is 0. The van der Waals surface area contributed by atoms with E-state index in [1.165, 1.54) is 6.26 Å². The lowest BCUT2D eigenvalue weighted by Crippen LogP contribution is -2.02. The molecule has 16 heavy (non-hydrogen) atoms. The van der Waals surface area contributed by atoms with Gasteiger partial charge in [-0.2, -0.15) is 5.26 Å². The fraction of sp³-hybridized carbons (Fsp3) is 0.250. The summed E-state index contributed by atoms with van der Waals surface area (Å²) in [4.78, 5) is 0.